The van der Waals surface area contributed by atoms with Gasteiger partial charge in [0.1, 0.15) is 6.54 Å². The first-order valence-electron chi connectivity index (χ1n) is 9.98. The Hall–Kier alpha value is -2.67. The smallest absolute Gasteiger partial charge is 0.339 e. The first kappa shape index (κ1) is 24.0. The SMILES string of the molecule is CCN1CCN(CC(=O)N2CCN(S(=O)(=O)c3cccc(C(F)(F)F)c3)CC2)C(=O)C1=O. The summed E-state index contributed by atoms with van der Waals surface area (Å²) in [6.07, 6.45) is -4.67. The summed E-state index contributed by atoms with van der Waals surface area (Å²) in [4.78, 5) is 40.1. The minimum Gasteiger partial charge on any atom is -0.339 e. The fourth-order valence-corrected chi connectivity index (χ4v) is 5.06. The summed E-state index contributed by atoms with van der Waals surface area (Å²) < 4.78 is 65.3. The molecule has 3 rings (SSSR count). The summed E-state index contributed by atoms with van der Waals surface area (Å²) in [6, 6.07) is 3.51. The highest BCUT2D eigenvalue weighted by atomic mass is 32.2. The van der Waals surface area contributed by atoms with Crippen molar-refractivity contribution in [1.82, 2.24) is 19.0 Å². The van der Waals surface area contributed by atoms with Crippen molar-refractivity contribution < 1.29 is 36.0 Å². The third-order valence-electron chi connectivity index (χ3n) is 5.50. The van der Waals surface area contributed by atoms with Crippen molar-refractivity contribution in [3.63, 3.8) is 0 Å². The minimum atomic E-state index is -4.67. The fraction of sp³-hybridized carbons (Fsp3) is 0.526. The molecule has 0 aliphatic carbocycles. The zero-order valence-corrected chi connectivity index (χ0v) is 18.2. The van der Waals surface area contributed by atoms with Crippen molar-refractivity contribution in [2.45, 2.75) is 18.0 Å². The fourth-order valence-electron chi connectivity index (χ4n) is 3.59. The first-order valence-corrected chi connectivity index (χ1v) is 11.4. The van der Waals surface area contributed by atoms with Crippen molar-refractivity contribution in [2.75, 3.05) is 52.4 Å². The molecule has 1 aromatic rings. The number of hydrogen-bond acceptors (Lipinski definition) is 5. The molecule has 13 heteroatoms. The maximum Gasteiger partial charge on any atom is 0.416 e. The van der Waals surface area contributed by atoms with Crippen molar-refractivity contribution >= 4 is 27.7 Å². The van der Waals surface area contributed by atoms with Crippen LogP contribution >= 0.6 is 0 Å². The van der Waals surface area contributed by atoms with E-state index in [1.165, 1.54) is 14.7 Å². The Kier molecular flexibility index (Phi) is 6.79. The van der Waals surface area contributed by atoms with Gasteiger partial charge < -0.3 is 14.7 Å². The van der Waals surface area contributed by atoms with Crippen molar-refractivity contribution in [2.24, 2.45) is 0 Å². The quantitative estimate of drug-likeness (QED) is 0.567. The van der Waals surface area contributed by atoms with Gasteiger partial charge in [0.25, 0.3) is 0 Å². The average molecular weight is 476 g/mol. The molecule has 0 saturated carbocycles. The summed E-state index contributed by atoms with van der Waals surface area (Å²) in [5, 5.41) is 0. The molecule has 0 spiro atoms. The lowest BCUT2D eigenvalue weighted by Gasteiger charge is -2.37. The molecule has 2 aliphatic heterocycles. The van der Waals surface area contributed by atoms with Crippen molar-refractivity contribution in [3.8, 4) is 0 Å². The molecule has 176 valence electrons. The Morgan fingerprint density at radius 1 is 0.969 bits per heavy atom. The Balaban J connectivity index is 1.61. The largest absolute Gasteiger partial charge is 0.416 e. The molecule has 9 nitrogen and oxygen atoms in total. The number of rotatable bonds is 5. The Morgan fingerprint density at radius 2 is 1.56 bits per heavy atom. The van der Waals surface area contributed by atoms with Crippen LogP contribution in [0.15, 0.2) is 29.2 Å². The summed E-state index contributed by atoms with van der Waals surface area (Å²) in [6.45, 7) is 2.27. The number of likely N-dealkylation sites (N-methyl/N-ethyl adjacent to an activating group) is 1. The number of sulfonamides is 1. The number of hydrogen-bond donors (Lipinski definition) is 0. The number of alkyl halides is 3. The molecule has 2 fully saturated rings. The number of carbonyl (C=O) groups excluding carboxylic acids is 3. The molecular formula is C19H23F3N4O5S. The van der Waals surface area contributed by atoms with Crippen LogP contribution < -0.4 is 0 Å². The van der Waals surface area contributed by atoms with E-state index in [9.17, 15) is 36.0 Å². The molecule has 0 unspecified atom stereocenters. The van der Waals surface area contributed by atoms with Gasteiger partial charge in [0.05, 0.1) is 10.5 Å². The van der Waals surface area contributed by atoms with E-state index in [0.29, 0.717) is 19.2 Å². The average Bonchev–Trinajstić information content (AvgIpc) is 2.76. The van der Waals surface area contributed by atoms with E-state index in [0.717, 1.165) is 22.5 Å². The molecule has 2 aliphatic rings. The van der Waals surface area contributed by atoms with Crippen molar-refractivity contribution in [3.05, 3.63) is 29.8 Å². The van der Waals surface area contributed by atoms with Crippen LogP contribution in [0.1, 0.15) is 12.5 Å². The van der Waals surface area contributed by atoms with Crippen LogP contribution in [0.2, 0.25) is 0 Å². The minimum absolute atomic E-state index is 0.0219. The van der Waals surface area contributed by atoms with Gasteiger partial charge in [0.15, 0.2) is 0 Å². The summed E-state index contributed by atoms with van der Waals surface area (Å²) >= 11 is 0. The summed E-state index contributed by atoms with van der Waals surface area (Å²) in [5.41, 5.74) is -1.06. The standard InChI is InChI=1S/C19H23F3N4O5S/c1-2-23-6-7-25(18(29)17(23)28)13-16(27)24-8-10-26(11-9-24)32(30,31)15-5-3-4-14(12-15)19(20,21)22/h3-5,12H,2,6-11,13H2,1H3. The zero-order valence-electron chi connectivity index (χ0n) is 17.3. The predicted octanol–water partition coefficient (Wildman–Crippen LogP) is 0.229. The molecule has 2 heterocycles. The van der Waals surface area contributed by atoms with Crippen LogP contribution in [0.25, 0.3) is 0 Å². The second-order valence-corrected chi connectivity index (χ2v) is 9.36. The molecule has 3 amide bonds. The van der Waals surface area contributed by atoms with Gasteiger partial charge in [-0.05, 0) is 25.1 Å². The third-order valence-corrected chi connectivity index (χ3v) is 7.39. The maximum atomic E-state index is 12.9. The van der Waals surface area contributed by atoms with E-state index in [1.54, 1.807) is 6.92 Å². The highest BCUT2D eigenvalue weighted by Crippen LogP contribution is 2.31. The van der Waals surface area contributed by atoms with Gasteiger partial charge in [-0.1, -0.05) is 6.07 Å². The van der Waals surface area contributed by atoms with Crippen molar-refractivity contribution in [1.29, 1.82) is 0 Å². The van der Waals surface area contributed by atoms with Gasteiger partial charge in [-0.3, -0.25) is 14.4 Å². The third kappa shape index (κ3) is 4.88. The van der Waals surface area contributed by atoms with Crippen LogP contribution in [0.4, 0.5) is 13.2 Å². The van der Waals surface area contributed by atoms with E-state index in [1.807, 2.05) is 0 Å². The van der Waals surface area contributed by atoms with E-state index in [2.05, 4.69) is 0 Å². The first-order chi connectivity index (χ1) is 14.9. The summed E-state index contributed by atoms with van der Waals surface area (Å²) in [5.74, 6) is -1.84. The second-order valence-electron chi connectivity index (χ2n) is 7.42. The van der Waals surface area contributed by atoms with Gasteiger partial charge in [-0.2, -0.15) is 17.5 Å². The van der Waals surface area contributed by atoms with Gasteiger partial charge in [-0.15, -0.1) is 0 Å². The lowest BCUT2D eigenvalue weighted by atomic mass is 10.2. The number of amides is 3. The van der Waals surface area contributed by atoms with Gasteiger partial charge in [-0.25, -0.2) is 8.42 Å². The van der Waals surface area contributed by atoms with E-state index < -0.39 is 44.4 Å². The molecular weight excluding hydrogens is 453 g/mol. The number of nitrogens with zero attached hydrogens (tertiary/aromatic N) is 4. The predicted molar refractivity (Wildman–Crippen MR) is 106 cm³/mol. The molecule has 1 aromatic carbocycles. The van der Waals surface area contributed by atoms with Crippen LogP contribution in [0.3, 0.4) is 0 Å². The highest BCUT2D eigenvalue weighted by molar-refractivity contribution is 7.89. The molecule has 2 saturated heterocycles. The van der Waals surface area contributed by atoms with Gasteiger partial charge >= 0.3 is 18.0 Å². The zero-order chi connectivity index (χ0) is 23.7. The lowest BCUT2D eigenvalue weighted by Crippen LogP contribution is -2.58. The number of piperazine rings is 2. The number of benzene rings is 1. The van der Waals surface area contributed by atoms with Gasteiger partial charge in [0.2, 0.25) is 15.9 Å². The van der Waals surface area contributed by atoms with Crippen LogP contribution in [0, 0.1) is 0 Å². The Bertz CT molecular complexity index is 1010. The summed E-state index contributed by atoms with van der Waals surface area (Å²) in [7, 11) is -4.17. The molecule has 0 aromatic heterocycles. The van der Waals surface area contributed by atoms with E-state index >= 15 is 0 Å². The number of halogens is 3. The second kappa shape index (κ2) is 9.06. The Labute approximate surface area is 183 Å². The maximum absolute atomic E-state index is 12.9. The Morgan fingerprint density at radius 3 is 2.16 bits per heavy atom. The normalized spacial score (nSPS) is 18.9. The van der Waals surface area contributed by atoms with E-state index in [4.69, 9.17) is 0 Å². The molecule has 0 bridgehead atoms. The molecule has 0 N–H and O–H groups in total. The van der Waals surface area contributed by atoms with E-state index in [-0.39, 0.29) is 39.3 Å². The highest BCUT2D eigenvalue weighted by Gasteiger charge is 2.36. The number of carbonyl (C=O) groups is 3. The molecule has 0 radical (unpaired) electrons. The van der Waals surface area contributed by atoms with Crippen LogP contribution in [-0.4, -0.2) is 97.5 Å². The molecule has 32 heavy (non-hydrogen) atoms. The lowest BCUT2D eigenvalue weighted by molar-refractivity contribution is -0.157. The van der Waals surface area contributed by atoms with Crippen LogP contribution in [-0.2, 0) is 30.6 Å². The monoisotopic (exact) mass is 476 g/mol. The van der Waals surface area contributed by atoms with Crippen LogP contribution in [0.5, 0.6) is 0 Å². The topological polar surface area (TPSA) is 98.3 Å². The van der Waals surface area contributed by atoms with Gasteiger partial charge in [0, 0.05) is 45.8 Å². The molecule has 0 atom stereocenters.